The van der Waals surface area contributed by atoms with Crippen LogP contribution in [0.25, 0.3) is 0 Å². The molecule has 0 radical (unpaired) electrons. The quantitative estimate of drug-likeness (QED) is 0.905. The normalized spacial score (nSPS) is 20.1. The summed E-state index contributed by atoms with van der Waals surface area (Å²) in [6, 6.07) is 3.08. The van der Waals surface area contributed by atoms with E-state index in [1.807, 2.05) is 11.8 Å². The van der Waals surface area contributed by atoms with Crippen molar-refractivity contribution in [2.45, 2.75) is 44.8 Å². The largest absolute Gasteiger partial charge is 0.472 e. The number of nitrogens with two attached hydrogens (primary N) is 1. The molecule has 0 unspecified atom stereocenters. The molecule has 5 nitrogen and oxygen atoms in total. The number of amides is 1. The van der Waals surface area contributed by atoms with E-state index in [9.17, 15) is 4.79 Å². The van der Waals surface area contributed by atoms with Crippen LogP contribution in [0.1, 0.15) is 32.6 Å². The van der Waals surface area contributed by atoms with Gasteiger partial charge in [0.05, 0.1) is 17.6 Å². The Morgan fingerprint density at radius 1 is 1.62 bits per heavy atom. The summed E-state index contributed by atoms with van der Waals surface area (Å²) in [5, 5.41) is 0.577. The molecule has 6 heteroatoms. The second kappa shape index (κ2) is 7.61. The zero-order chi connectivity index (χ0) is 15.2. The van der Waals surface area contributed by atoms with Gasteiger partial charge in [-0.25, -0.2) is 4.98 Å². The molecule has 0 saturated carbocycles. The van der Waals surface area contributed by atoms with Gasteiger partial charge in [-0.2, -0.15) is 0 Å². The van der Waals surface area contributed by atoms with Crippen molar-refractivity contribution in [2.24, 2.45) is 5.73 Å². The zero-order valence-corrected chi connectivity index (χ0v) is 13.1. The molecule has 1 aromatic heterocycles. The number of carbonyl (C=O) groups excluding carboxylic acids is 1. The Labute approximate surface area is 130 Å². The first-order valence-corrected chi connectivity index (χ1v) is 7.80. The van der Waals surface area contributed by atoms with Crippen molar-refractivity contribution in [1.82, 2.24) is 9.88 Å². The molecule has 116 valence electrons. The van der Waals surface area contributed by atoms with Gasteiger partial charge in [0.2, 0.25) is 11.8 Å². The highest BCUT2D eigenvalue weighted by molar-refractivity contribution is 6.30. The van der Waals surface area contributed by atoms with Crippen LogP contribution in [0.3, 0.4) is 0 Å². The van der Waals surface area contributed by atoms with Gasteiger partial charge < -0.3 is 15.4 Å². The lowest BCUT2D eigenvalue weighted by atomic mass is 10.1. The standard InChI is InChI=1S/C15H22ClN3O2/c1-2-4-13(17)15(20)19-8-3-5-12(10-19)21-14-7-6-11(16)9-18-14/h6-7,9,12-13H,2-5,8,10,17H2,1H3/t12-,13-/m1/s1. The fourth-order valence-electron chi connectivity index (χ4n) is 2.51. The van der Waals surface area contributed by atoms with Crippen molar-refractivity contribution in [2.75, 3.05) is 13.1 Å². The number of halogens is 1. The van der Waals surface area contributed by atoms with Crippen LogP contribution in [0.5, 0.6) is 5.88 Å². The number of rotatable bonds is 5. The van der Waals surface area contributed by atoms with Gasteiger partial charge in [-0.3, -0.25) is 4.79 Å². The lowest BCUT2D eigenvalue weighted by Crippen LogP contribution is -2.50. The maximum absolute atomic E-state index is 12.2. The Morgan fingerprint density at radius 2 is 2.43 bits per heavy atom. The average Bonchev–Trinajstić information content (AvgIpc) is 2.49. The number of piperidine rings is 1. The van der Waals surface area contributed by atoms with Crippen molar-refractivity contribution in [1.29, 1.82) is 0 Å². The number of likely N-dealkylation sites (tertiary alicyclic amines) is 1. The summed E-state index contributed by atoms with van der Waals surface area (Å²) in [5.74, 6) is 0.561. The molecule has 1 aliphatic heterocycles. The van der Waals surface area contributed by atoms with Crippen molar-refractivity contribution < 1.29 is 9.53 Å². The summed E-state index contributed by atoms with van der Waals surface area (Å²) in [4.78, 5) is 18.2. The highest BCUT2D eigenvalue weighted by atomic mass is 35.5. The van der Waals surface area contributed by atoms with Crippen molar-refractivity contribution in [3.05, 3.63) is 23.4 Å². The SMILES string of the molecule is CCC[C@@H](N)C(=O)N1CCC[C@@H](Oc2ccc(Cl)cn2)C1. The Balaban J connectivity index is 1.91. The van der Waals surface area contributed by atoms with Crippen LogP contribution in [0.4, 0.5) is 0 Å². The molecule has 2 heterocycles. The molecular weight excluding hydrogens is 290 g/mol. The van der Waals surface area contributed by atoms with Gasteiger partial charge in [0.15, 0.2) is 0 Å². The fraction of sp³-hybridized carbons (Fsp3) is 0.600. The molecule has 0 bridgehead atoms. The highest BCUT2D eigenvalue weighted by Gasteiger charge is 2.27. The van der Waals surface area contributed by atoms with Gasteiger partial charge in [-0.05, 0) is 25.3 Å². The average molecular weight is 312 g/mol. The molecule has 1 amide bonds. The first-order chi connectivity index (χ1) is 10.1. The summed E-state index contributed by atoms with van der Waals surface area (Å²) in [6.07, 6.45) is 4.99. The smallest absolute Gasteiger partial charge is 0.239 e. The Kier molecular flexibility index (Phi) is 5.82. The van der Waals surface area contributed by atoms with E-state index >= 15 is 0 Å². The molecule has 0 aliphatic carbocycles. The van der Waals surface area contributed by atoms with Crippen LogP contribution in [0.2, 0.25) is 5.02 Å². The summed E-state index contributed by atoms with van der Waals surface area (Å²) >= 11 is 5.80. The van der Waals surface area contributed by atoms with Crippen LogP contribution in [0.15, 0.2) is 18.3 Å². The summed E-state index contributed by atoms with van der Waals surface area (Å²) in [7, 11) is 0. The molecule has 1 aromatic rings. The van der Waals surface area contributed by atoms with E-state index in [4.69, 9.17) is 22.1 Å². The number of aromatic nitrogens is 1. The summed E-state index contributed by atoms with van der Waals surface area (Å²) in [5.41, 5.74) is 5.91. The first-order valence-electron chi connectivity index (χ1n) is 7.42. The van der Waals surface area contributed by atoms with Crippen LogP contribution in [-0.2, 0) is 4.79 Å². The third kappa shape index (κ3) is 4.58. The summed E-state index contributed by atoms with van der Waals surface area (Å²) in [6.45, 7) is 3.35. The maximum Gasteiger partial charge on any atom is 0.239 e. The Hall–Kier alpha value is -1.33. The van der Waals surface area contributed by atoms with Gasteiger partial charge >= 0.3 is 0 Å². The monoisotopic (exact) mass is 311 g/mol. The predicted molar refractivity (Wildman–Crippen MR) is 82.4 cm³/mol. The number of pyridine rings is 1. The fourth-order valence-corrected chi connectivity index (χ4v) is 2.62. The second-order valence-corrected chi connectivity index (χ2v) is 5.81. The van der Waals surface area contributed by atoms with Crippen molar-refractivity contribution in [3.63, 3.8) is 0 Å². The minimum absolute atomic E-state index is 0.0224. The second-order valence-electron chi connectivity index (χ2n) is 5.38. The molecule has 1 aliphatic rings. The van der Waals surface area contributed by atoms with Crippen molar-refractivity contribution >= 4 is 17.5 Å². The molecule has 1 saturated heterocycles. The topological polar surface area (TPSA) is 68.5 Å². The van der Waals surface area contributed by atoms with E-state index in [0.29, 0.717) is 17.4 Å². The molecule has 0 spiro atoms. The van der Waals surface area contributed by atoms with Crippen LogP contribution < -0.4 is 10.5 Å². The Morgan fingerprint density at radius 3 is 3.10 bits per heavy atom. The number of ether oxygens (including phenoxy) is 1. The zero-order valence-electron chi connectivity index (χ0n) is 12.3. The minimum Gasteiger partial charge on any atom is -0.472 e. The number of hydrogen-bond acceptors (Lipinski definition) is 4. The van der Waals surface area contributed by atoms with Gasteiger partial charge in [-0.1, -0.05) is 24.9 Å². The molecule has 0 aromatic carbocycles. The van der Waals surface area contributed by atoms with Gasteiger partial charge in [-0.15, -0.1) is 0 Å². The van der Waals surface area contributed by atoms with E-state index in [-0.39, 0.29) is 12.0 Å². The summed E-state index contributed by atoms with van der Waals surface area (Å²) < 4.78 is 5.83. The van der Waals surface area contributed by atoms with Gasteiger partial charge in [0.25, 0.3) is 0 Å². The van der Waals surface area contributed by atoms with Gasteiger partial charge in [0, 0.05) is 18.8 Å². The first kappa shape index (κ1) is 16.0. The van der Waals surface area contributed by atoms with Crippen LogP contribution >= 0.6 is 11.6 Å². The molecular formula is C15H22ClN3O2. The van der Waals surface area contributed by atoms with Crippen molar-refractivity contribution in [3.8, 4) is 5.88 Å². The molecule has 1 fully saturated rings. The molecule has 21 heavy (non-hydrogen) atoms. The minimum atomic E-state index is -0.401. The molecule has 2 rings (SSSR count). The van der Waals surface area contributed by atoms with E-state index < -0.39 is 6.04 Å². The van der Waals surface area contributed by atoms with E-state index in [0.717, 1.165) is 32.2 Å². The van der Waals surface area contributed by atoms with E-state index in [2.05, 4.69) is 4.98 Å². The number of hydrogen-bond donors (Lipinski definition) is 1. The predicted octanol–water partition coefficient (Wildman–Crippen LogP) is 2.23. The van der Waals surface area contributed by atoms with E-state index in [1.165, 1.54) is 0 Å². The molecule has 2 N–H and O–H groups in total. The highest BCUT2D eigenvalue weighted by Crippen LogP contribution is 2.19. The lowest BCUT2D eigenvalue weighted by molar-refractivity contribution is -0.135. The van der Waals surface area contributed by atoms with Crippen LogP contribution in [-0.4, -0.2) is 41.0 Å². The van der Waals surface area contributed by atoms with Gasteiger partial charge in [0.1, 0.15) is 6.10 Å². The molecule has 2 atom stereocenters. The number of carbonyl (C=O) groups is 1. The lowest BCUT2D eigenvalue weighted by Gasteiger charge is -2.34. The third-order valence-corrected chi connectivity index (χ3v) is 3.82. The Bertz CT molecular complexity index is 466. The van der Waals surface area contributed by atoms with Crippen LogP contribution in [0, 0.1) is 0 Å². The van der Waals surface area contributed by atoms with E-state index in [1.54, 1.807) is 18.3 Å². The maximum atomic E-state index is 12.2. The number of nitrogens with zero attached hydrogens (tertiary/aromatic N) is 2. The third-order valence-electron chi connectivity index (χ3n) is 3.59.